The quantitative estimate of drug-likeness (QED) is 0.293. The zero-order valence-corrected chi connectivity index (χ0v) is 11.7. The van der Waals surface area contributed by atoms with Crippen LogP contribution in [0.2, 0.25) is 0 Å². The Kier molecular flexibility index (Phi) is 3.83. The molecule has 0 aliphatic heterocycles. The number of hydrogen-bond acceptors (Lipinski definition) is 3. The molecule has 0 fully saturated rings. The molecule has 0 aliphatic carbocycles. The molecule has 0 atom stereocenters. The fraction of sp³-hybridized carbons (Fsp3) is 0.417. The molecule has 1 N–H and O–H groups in total. The second-order valence-corrected chi connectivity index (χ2v) is 6.53. The van der Waals surface area contributed by atoms with E-state index in [0.29, 0.717) is 10.3 Å². The Labute approximate surface area is 107 Å². The van der Waals surface area contributed by atoms with Crippen molar-refractivity contribution in [3.63, 3.8) is 0 Å². The molecule has 1 aromatic rings. The van der Waals surface area contributed by atoms with Gasteiger partial charge in [0.2, 0.25) is 0 Å². The van der Waals surface area contributed by atoms with Gasteiger partial charge in [0.25, 0.3) is 10.1 Å². The highest BCUT2D eigenvalue weighted by Crippen LogP contribution is 2.17. The fourth-order valence-electron chi connectivity index (χ4n) is 1.29. The molecule has 1 rings (SSSR count). The number of hydrogen-bond donors (Lipinski definition) is 1. The van der Waals surface area contributed by atoms with Gasteiger partial charge in [-0.25, -0.2) is 4.74 Å². The van der Waals surface area contributed by atoms with Gasteiger partial charge in [-0.3, -0.25) is 4.55 Å². The molecule has 0 aromatic heterocycles. The SMILES string of the molecule is Cc1ccc(C=[N+]([O-])C(C)(C)C)c(S(=O)(=O)O)c1. The number of hydroxylamine groups is 1. The first-order valence-corrected chi connectivity index (χ1v) is 6.85. The van der Waals surface area contributed by atoms with Crippen LogP contribution in [-0.2, 0) is 10.1 Å². The molecule has 0 heterocycles. The molecule has 0 saturated heterocycles. The summed E-state index contributed by atoms with van der Waals surface area (Å²) in [5.41, 5.74) is 0.183. The van der Waals surface area contributed by atoms with E-state index in [9.17, 15) is 13.6 Å². The fourth-order valence-corrected chi connectivity index (χ4v) is 2.05. The Hall–Kier alpha value is -1.40. The zero-order chi connectivity index (χ0) is 14.1. The van der Waals surface area contributed by atoms with Gasteiger partial charge in [-0.05, 0) is 24.6 Å². The van der Waals surface area contributed by atoms with Crippen LogP contribution in [0.5, 0.6) is 0 Å². The van der Waals surface area contributed by atoms with Gasteiger partial charge in [0, 0.05) is 20.8 Å². The highest BCUT2D eigenvalue weighted by atomic mass is 32.2. The molecule has 0 saturated carbocycles. The Morgan fingerprint density at radius 1 is 1.33 bits per heavy atom. The predicted octanol–water partition coefficient (Wildman–Crippen LogP) is 1.97. The molecule has 5 nitrogen and oxygen atoms in total. The van der Waals surface area contributed by atoms with E-state index in [2.05, 4.69) is 0 Å². The number of benzene rings is 1. The molecule has 0 amide bonds. The monoisotopic (exact) mass is 271 g/mol. The van der Waals surface area contributed by atoms with Gasteiger partial charge < -0.3 is 5.21 Å². The van der Waals surface area contributed by atoms with E-state index in [1.807, 2.05) is 0 Å². The summed E-state index contributed by atoms with van der Waals surface area (Å²) in [6, 6.07) is 4.50. The highest BCUT2D eigenvalue weighted by molar-refractivity contribution is 7.86. The number of aryl methyl sites for hydroxylation is 1. The van der Waals surface area contributed by atoms with Crippen LogP contribution in [0, 0.1) is 12.1 Å². The third-order valence-corrected chi connectivity index (χ3v) is 3.27. The third-order valence-electron chi connectivity index (χ3n) is 2.36. The van der Waals surface area contributed by atoms with Crippen LogP contribution in [0.15, 0.2) is 23.1 Å². The van der Waals surface area contributed by atoms with Crippen molar-refractivity contribution in [1.82, 2.24) is 0 Å². The van der Waals surface area contributed by atoms with Crippen LogP contribution in [-0.4, -0.2) is 29.5 Å². The normalized spacial score (nSPS) is 13.7. The van der Waals surface area contributed by atoms with Crippen molar-refractivity contribution in [2.24, 2.45) is 0 Å². The maximum Gasteiger partial charge on any atom is 0.295 e. The van der Waals surface area contributed by atoms with Crippen molar-refractivity contribution in [3.05, 3.63) is 34.5 Å². The smallest absolute Gasteiger partial charge is 0.295 e. The number of rotatable bonds is 2. The lowest BCUT2D eigenvalue weighted by atomic mass is 10.1. The second kappa shape index (κ2) is 4.70. The van der Waals surface area contributed by atoms with Gasteiger partial charge >= 0.3 is 0 Å². The molecule has 0 spiro atoms. The van der Waals surface area contributed by atoms with Crippen molar-refractivity contribution in [3.8, 4) is 0 Å². The van der Waals surface area contributed by atoms with Crippen LogP contribution in [0.25, 0.3) is 0 Å². The first-order valence-electron chi connectivity index (χ1n) is 5.41. The van der Waals surface area contributed by atoms with Gasteiger partial charge in [0.05, 0.1) is 5.56 Å². The van der Waals surface area contributed by atoms with Gasteiger partial charge in [0.15, 0.2) is 11.8 Å². The van der Waals surface area contributed by atoms with E-state index in [1.165, 1.54) is 18.3 Å². The van der Waals surface area contributed by atoms with Crippen molar-refractivity contribution < 1.29 is 17.7 Å². The van der Waals surface area contributed by atoms with Crippen molar-refractivity contribution in [2.45, 2.75) is 38.1 Å². The first-order chi connectivity index (χ1) is 8.01. The van der Waals surface area contributed by atoms with E-state index >= 15 is 0 Å². The third kappa shape index (κ3) is 3.54. The van der Waals surface area contributed by atoms with Crippen molar-refractivity contribution in [2.75, 3.05) is 0 Å². The zero-order valence-electron chi connectivity index (χ0n) is 10.8. The molecule has 1 aromatic carbocycles. The van der Waals surface area contributed by atoms with Gasteiger partial charge in [0.1, 0.15) is 4.90 Å². The van der Waals surface area contributed by atoms with Crippen LogP contribution in [0.1, 0.15) is 31.9 Å². The van der Waals surface area contributed by atoms with Gasteiger partial charge in [-0.15, -0.1) is 0 Å². The Bertz CT molecular complexity index is 583. The predicted molar refractivity (Wildman–Crippen MR) is 69.5 cm³/mol. The van der Waals surface area contributed by atoms with E-state index in [0.717, 1.165) is 0 Å². The van der Waals surface area contributed by atoms with E-state index in [1.54, 1.807) is 33.8 Å². The maximum absolute atomic E-state index is 11.8. The average molecular weight is 271 g/mol. The summed E-state index contributed by atoms with van der Waals surface area (Å²) in [6.07, 6.45) is 1.17. The molecule has 6 heteroatoms. The van der Waals surface area contributed by atoms with Gasteiger partial charge in [-0.1, -0.05) is 6.07 Å². The van der Waals surface area contributed by atoms with Crippen molar-refractivity contribution in [1.29, 1.82) is 0 Å². The minimum absolute atomic E-state index is 0.174. The topological polar surface area (TPSA) is 80.4 Å². The molecular weight excluding hydrogens is 254 g/mol. The molecule has 0 unspecified atom stereocenters. The summed E-state index contributed by atoms with van der Waals surface area (Å²) in [5.74, 6) is 0. The molecular formula is C12H17NO4S. The molecule has 0 aliphatic rings. The van der Waals surface area contributed by atoms with Crippen molar-refractivity contribution >= 4 is 16.3 Å². The van der Waals surface area contributed by atoms with Crippen LogP contribution in [0.3, 0.4) is 0 Å². The summed E-state index contributed by atoms with van der Waals surface area (Å²) in [5, 5.41) is 11.8. The lowest BCUT2D eigenvalue weighted by Crippen LogP contribution is -2.29. The summed E-state index contributed by atoms with van der Waals surface area (Å²) >= 11 is 0. The minimum atomic E-state index is -4.34. The van der Waals surface area contributed by atoms with E-state index < -0.39 is 15.7 Å². The molecule has 0 radical (unpaired) electrons. The Morgan fingerprint density at radius 2 is 1.89 bits per heavy atom. The lowest BCUT2D eigenvalue weighted by molar-refractivity contribution is -0.530. The molecule has 18 heavy (non-hydrogen) atoms. The summed E-state index contributed by atoms with van der Waals surface area (Å²) in [4.78, 5) is -0.257. The maximum atomic E-state index is 11.8. The summed E-state index contributed by atoms with van der Waals surface area (Å²) in [7, 11) is -4.34. The second-order valence-electron chi connectivity index (χ2n) is 5.14. The summed E-state index contributed by atoms with van der Waals surface area (Å²) < 4.78 is 32.3. The molecule has 100 valence electrons. The van der Waals surface area contributed by atoms with E-state index in [-0.39, 0.29) is 10.5 Å². The first kappa shape index (κ1) is 14.7. The van der Waals surface area contributed by atoms with E-state index in [4.69, 9.17) is 4.55 Å². The largest absolute Gasteiger partial charge is 0.623 e. The average Bonchev–Trinajstić information content (AvgIpc) is 2.17. The van der Waals surface area contributed by atoms with Crippen LogP contribution >= 0.6 is 0 Å². The highest BCUT2D eigenvalue weighted by Gasteiger charge is 2.21. The minimum Gasteiger partial charge on any atom is -0.623 e. The van der Waals surface area contributed by atoms with Crippen LogP contribution < -0.4 is 0 Å². The molecule has 0 bridgehead atoms. The lowest BCUT2D eigenvalue weighted by Gasteiger charge is -2.19. The Balaban J connectivity index is 3.44. The number of nitrogens with zero attached hydrogens (tertiary/aromatic N) is 1. The van der Waals surface area contributed by atoms with Gasteiger partial charge in [-0.2, -0.15) is 8.42 Å². The standard InChI is InChI=1S/C12H17NO4S/c1-9-5-6-10(8-13(14)12(2,3)4)11(7-9)18(15,16)17/h5-8H,1-4H3,(H,15,16,17). The summed E-state index contributed by atoms with van der Waals surface area (Å²) in [6.45, 7) is 6.82. The van der Waals surface area contributed by atoms with Crippen LogP contribution in [0.4, 0.5) is 0 Å². The Morgan fingerprint density at radius 3 is 2.33 bits per heavy atom.